The van der Waals surface area contributed by atoms with Gasteiger partial charge >= 0.3 is 0 Å². The summed E-state index contributed by atoms with van der Waals surface area (Å²) in [5, 5.41) is 11.1. The minimum Gasteiger partial charge on any atom is -0.378 e. The standard InChI is InChI=1S/C20H25N3O3/c1-26-20-8-4-5-13(11-20)9-14(12-20)21-18(24)10-17-15-6-2-3-7-16(15)19(25)23-22-17/h2-3,6-7,13-14H,4-5,8-12H2,1H3,(H,21,24)(H,23,25). The fourth-order valence-corrected chi connectivity index (χ4v) is 4.88. The van der Waals surface area contributed by atoms with Crippen molar-refractivity contribution in [3.63, 3.8) is 0 Å². The monoisotopic (exact) mass is 355 g/mol. The van der Waals surface area contributed by atoms with Crippen LogP contribution in [0.4, 0.5) is 0 Å². The number of carbonyl (C=O) groups is 1. The van der Waals surface area contributed by atoms with Crippen LogP contribution < -0.4 is 10.9 Å². The van der Waals surface area contributed by atoms with Gasteiger partial charge in [0.15, 0.2) is 0 Å². The molecular weight excluding hydrogens is 330 g/mol. The molecule has 138 valence electrons. The molecule has 0 saturated heterocycles. The van der Waals surface area contributed by atoms with Crippen LogP contribution in [0.25, 0.3) is 10.8 Å². The van der Waals surface area contributed by atoms with E-state index in [1.54, 1.807) is 13.2 Å². The highest BCUT2D eigenvalue weighted by atomic mass is 16.5. The van der Waals surface area contributed by atoms with E-state index < -0.39 is 0 Å². The fraction of sp³-hybridized carbons (Fsp3) is 0.550. The second kappa shape index (κ2) is 6.83. The molecule has 3 unspecified atom stereocenters. The number of methoxy groups -OCH3 is 1. The third-order valence-electron chi connectivity index (χ3n) is 6.04. The molecule has 0 radical (unpaired) electrons. The predicted molar refractivity (Wildman–Crippen MR) is 98.9 cm³/mol. The molecule has 4 rings (SSSR count). The summed E-state index contributed by atoms with van der Waals surface area (Å²) in [6.45, 7) is 0. The Morgan fingerprint density at radius 3 is 2.96 bits per heavy atom. The van der Waals surface area contributed by atoms with Crippen LogP contribution in [0.5, 0.6) is 0 Å². The molecule has 6 heteroatoms. The van der Waals surface area contributed by atoms with Crippen molar-refractivity contribution >= 4 is 16.7 Å². The fourth-order valence-electron chi connectivity index (χ4n) is 4.88. The number of nitrogens with zero attached hydrogens (tertiary/aromatic N) is 1. The molecule has 6 nitrogen and oxygen atoms in total. The van der Waals surface area contributed by atoms with Crippen molar-refractivity contribution in [2.75, 3.05) is 7.11 Å². The van der Waals surface area contributed by atoms with Gasteiger partial charge < -0.3 is 10.1 Å². The third kappa shape index (κ3) is 3.26. The Labute approximate surface area is 152 Å². The largest absolute Gasteiger partial charge is 0.378 e. The Kier molecular flexibility index (Phi) is 4.53. The van der Waals surface area contributed by atoms with Crippen LogP contribution in [0.15, 0.2) is 29.1 Å². The molecule has 1 heterocycles. The maximum Gasteiger partial charge on any atom is 0.272 e. The number of nitrogens with one attached hydrogen (secondary N) is 2. The summed E-state index contributed by atoms with van der Waals surface area (Å²) >= 11 is 0. The molecule has 1 amide bonds. The Bertz CT molecular complexity index is 878. The lowest BCUT2D eigenvalue weighted by molar-refractivity contribution is -0.124. The molecule has 3 atom stereocenters. The number of hydrogen-bond donors (Lipinski definition) is 2. The molecule has 0 spiro atoms. The molecule has 2 aliphatic rings. The number of rotatable bonds is 4. The van der Waals surface area contributed by atoms with Crippen LogP contribution in [0, 0.1) is 5.92 Å². The van der Waals surface area contributed by atoms with Crippen molar-refractivity contribution in [1.82, 2.24) is 15.5 Å². The zero-order valence-electron chi connectivity index (χ0n) is 15.1. The average Bonchev–Trinajstić information content (AvgIpc) is 2.64. The van der Waals surface area contributed by atoms with Crippen molar-refractivity contribution in [3.05, 3.63) is 40.3 Å². The van der Waals surface area contributed by atoms with Crippen molar-refractivity contribution in [2.45, 2.75) is 56.6 Å². The molecule has 1 aromatic carbocycles. The second-order valence-electron chi connectivity index (χ2n) is 7.78. The van der Waals surface area contributed by atoms with Crippen molar-refractivity contribution < 1.29 is 9.53 Å². The van der Waals surface area contributed by atoms with E-state index in [4.69, 9.17) is 4.74 Å². The van der Waals surface area contributed by atoms with Gasteiger partial charge in [0.2, 0.25) is 5.91 Å². The summed E-state index contributed by atoms with van der Waals surface area (Å²) in [7, 11) is 1.79. The number of H-pyrrole nitrogens is 1. The van der Waals surface area contributed by atoms with E-state index in [0.717, 1.165) is 31.1 Å². The first kappa shape index (κ1) is 17.2. The summed E-state index contributed by atoms with van der Waals surface area (Å²) in [5.74, 6) is 0.584. The Balaban J connectivity index is 1.48. The van der Waals surface area contributed by atoms with Crippen LogP contribution in [-0.2, 0) is 16.0 Å². The van der Waals surface area contributed by atoms with Gasteiger partial charge in [0.1, 0.15) is 0 Å². The minimum absolute atomic E-state index is 0.0501. The average molecular weight is 355 g/mol. The van der Waals surface area contributed by atoms with Gasteiger partial charge in [0.25, 0.3) is 5.56 Å². The summed E-state index contributed by atoms with van der Waals surface area (Å²) in [5.41, 5.74) is 0.309. The van der Waals surface area contributed by atoms with Gasteiger partial charge in [-0.3, -0.25) is 9.59 Å². The highest BCUT2D eigenvalue weighted by molar-refractivity contribution is 5.88. The molecule has 2 N–H and O–H groups in total. The Hall–Kier alpha value is -2.21. The number of ether oxygens (including phenoxy) is 1. The molecule has 1 aromatic heterocycles. The molecule has 2 fully saturated rings. The number of aromatic amines is 1. The lowest BCUT2D eigenvalue weighted by Gasteiger charge is -2.47. The minimum atomic E-state index is -0.230. The number of hydrogen-bond acceptors (Lipinski definition) is 4. The first-order valence-corrected chi connectivity index (χ1v) is 9.39. The molecule has 0 aliphatic heterocycles. The van der Waals surface area contributed by atoms with E-state index in [0.29, 0.717) is 17.0 Å². The zero-order chi connectivity index (χ0) is 18.1. The SMILES string of the molecule is COC12CCCC(CC(NC(=O)Cc3n[nH]c(=O)c4ccccc34)C1)C2. The van der Waals surface area contributed by atoms with Gasteiger partial charge in [-0.25, -0.2) is 5.10 Å². The van der Waals surface area contributed by atoms with Crippen LogP contribution in [0.1, 0.15) is 44.2 Å². The van der Waals surface area contributed by atoms with Crippen LogP contribution in [-0.4, -0.2) is 34.9 Å². The van der Waals surface area contributed by atoms with Gasteiger partial charge in [0, 0.05) is 18.5 Å². The quantitative estimate of drug-likeness (QED) is 0.881. The zero-order valence-corrected chi connectivity index (χ0v) is 15.1. The Morgan fingerprint density at radius 1 is 1.35 bits per heavy atom. The smallest absolute Gasteiger partial charge is 0.272 e. The van der Waals surface area contributed by atoms with Gasteiger partial charge in [0.05, 0.1) is 23.1 Å². The summed E-state index contributed by atoms with van der Waals surface area (Å²) in [4.78, 5) is 24.5. The topological polar surface area (TPSA) is 84.1 Å². The summed E-state index contributed by atoms with van der Waals surface area (Å²) in [6.07, 6.45) is 6.71. The summed E-state index contributed by atoms with van der Waals surface area (Å²) in [6, 6.07) is 7.41. The van der Waals surface area contributed by atoms with E-state index in [9.17, 15) is 9.59 Å². The molecule has 26 heavy (non-hydrogen) atoms. The normalized spacial score (nSPS) is 28.0. The van der Waals surface area contributed by atoms with E-state index in [1.807, 2.05) is 18.2 Å². The summed E-state index contributed by atoms with van der Waals surface area (Å²) < 4.78 is 5.85. The highest BCUT2D eigenvalue weighted by Gasteiger charge is 2.43. The van der Waals surface area contributed by atoms with Crippen LogP contribution >= 0.6 is 0 Å². The number of benzene rings is 1. The number of carbonyl (C=O) groups excluding carboxylic acids is 1. The first-order chi connectivity index (χ1) is 12.6. The van der Waals surface area contributed by atoms with Gasteiger partial charge in [-0.15, -0.1) is 0 Å². The molecule has 2 aromatic rings. The number of fused-ring (bicyclic) bond motifs is 3. The Morgan fingerprint density at radius 2 is 2.15 bits per heavy atom. The van der Waals surface area contributed by atoms with Crippen molar-refractivity contribution in [2.24, 2.45) is 5.92 Å². The first-order valence-electron chi connectivity index (χ1n) is 9.39. The maximum absolute atomic E-state index is 12.6. The molecule has 2 aliphatic carbocycles. The maximum atomic E-state index is 12.6. The second-order valence-corrected chi connectivity index (χ2v) is 7.78. The number of amides is 1. The van der Waals surface area contributed by atoms with E-state index in [-0.39, 0.29) is 29.5 Å². The van der Waals surface area contributed by atoms with Gasteiger partial charge in [-0.1, -0.05) is 31.0 Å². The lowest BCUT2D eigenvalue weighted by Crippen LogP contribution is -2.51. The lowest BCUT2D eigenvalue weighted by atomic mass is 9.67. The van der Waals surface area contributed by atoms with E-state index in [2.05, 4.69) is 15.5 Å². The van der Waals surface area contributed by atoms with Gasteiger partial charge in [-0.05, 0) is 37.7 Å². The van der Waals surface area contributed by atoms with Gasteiger partial charge in [-0.2, -0.15) is 5.10 Å². The van der Waals surface area contributed by atoms with Crippen molar-refractivity contribution in [3.8, 4) is 0 Å². The molecule has 2 bridgehead atoms. The highest BCUT2D eigenvalue weighted by Crippen LogP contribution is 2.44. The molecule has 2 saturated carbocycles. The predicted octanol–water partition coefficient (Wildman–Crippen LogP) is 2.32. The third-order valence-corrected chi connectivity index (χ3v) is 6.04. The molecular formula is C20H25N3O3. The van der Waals surface area contributed by atoms with E-state index in [1.165, 1.54) is 12.8 Å². The van der Waals surface area contributed by atoms with Crippen LogP contribution in [0.3, 0.4) is 0 Å². The van der Waals surface area contributed by atoms with Crippen molar-refractivity contribution in [1.29, 1.82) is 0 Å². The van der Waals surface area contributed by atoms with Crippen LogP contribution in [0.2, 0.25) is 0 Å². The number of aromatic nitrogens is 2. The van der Waals surface area contributed by atoms with E-state index >= 15 is 0 Å².